The number of fused-ring (bicyclic) bond motifs is 3. The zero-order valence-electron chi connectivity index (χ0n) is 20.0. The highest BCUT2D eigenvalue weighted by Crippen LogP contribution is 2.38. The molecular weight excluding hydrogens is 457 g/mol. The monoisotopic (exact) mass is 486 g/mol. The van der Waals surface area contributed by atoms with Crippen molar-refractivity contribution in [1.82, 2.24) is 14.5 Å². The van der Waals surface area contributed by atoms with Gasteiger partial charge in [-0.25, -0.2) is 23.1 Å². The van der Waals surface area contributed by atoms with Crippen molar-refractivity contribution in [2.45, 2.75) is 58.2 Å². The minimum absolute atomic E-state index is 0.0983. The first-order valence-corrected chi connectivity index (χ1v) is 11.9. The van der Waals surface area contributed by atoms with Crippen molar-refractivity contribution in [1.29, 1.82) is 0 Å². The van der Waals surface area contributed by atoms with Gasteiger partial charge in [0.15, 0.2) is 5.49 Å². The molecule has 7 nitrogen and oxygen atoms in total. The lowest BCUT2D eigenvalue weighted by molar-refractivity contribution is 0.0351. The Hall–Kier alpha value is -3.14. The average Bonchev–Trinajstić information content (AvgIpc) is 3.29. The van der Waals surface area contributed by atoms with Crippen LogP contribution in [0.2, 0.25) is 0 Å². The lowest BCUT2D eigenvalue weighted by Gasteiger charge is -2.38. The Morgan fingerprint density at radius 3 is 2.57 bits per heavy atom. The quantitative estimate of drug-likeness (QED) is 0.578. The van der Waals surface area contributed by atoms with Crippen LogP contribution in [0.4, 0.5) is 24.7 Å². The van der Waals surface area contributed by atoms with Gasteiger partial charge >= 0.3 is 0 Å². The van der Waals surface area contributed by atoms with Gasteiger partial charge in [0.25, 0.3) is 6.43 Å². The van der Waals surface area contributed by atoms with Crippen LogP contribution in [0.1, 0.15) is 56.1 Å². The van der Waals surface area contributed by atoms with Gasteiger partial charge in [0.1, 0.15) is 23.3 Å². The maximum atomic E-state index is 14.8. The molecule has 1 fully saturated rings. The summed E-state index contributed by atoms with van der Waals surface area (Å²) in [5.41, 5.74) is 0.886. The molecule has 4 aliphatic heterocycles. The zero-order valence-corrected chi connectivity index (χ0v) is 20.0. The molecule has 0 saturated carbocycles. The van der Waals surface area contributed by atoms with Gasteiger partial charge in [-0.1, -0.05) is 18.2 Å². The predicted molar refractivity (Wildman–Crippen MR) is 127 cm³/mol. The highest BCUT2D eigenvalue weighted by atomic mass is 19.3. The van der Waals surface area contributed by atoms with E-state index in [1.165, 1.54) is 12.1 Å². The van der Waals surface area contributed by atoms with Crippen molar-refractivity contribution in [3.63, 3.8) is 0 Å². The largest absolute Gasteiger partial charge is 0.390 e. The molecule has 186 valence electrons. The minimum Gasteiger partial charge on any atom is -0.390 e. The van der Waals surface area contributed by atoms with Gasteiger partial charge in [0.2, 0.25) is 0 Å². The molecule has 1 atom stereocenters. The summed E-state index contributed by atoms with van der Waals surface area (Å²) in [4.78, 5) is 16.1. The third kappa shape index (κ3) is 4.35. The number of pyridine rings is 1. The highest BCUT2D eigenvalue weighted by molar-refractivity contribution is 5.77. The van der Waals surface area contributed by atoms with Crippen LogP contribution in [-0.2, 0) is 6.54 Å². The molecule has 4 heterocycles. The number of hydrogen-bond donors (Lipinski definition) is 2. The Morgan fingerprint density at radius 2 is 1.86 bits per heavy atom. The molecule has 0 unspecified atom stereocenters. The van der Waals surface area contributed by atoms with Gasteiger partial charge < -0.3 is 19.9 Å². The zero-order chi connectivity index (χ0) is 24.9. The van der Waals surface area contributed by atoms with Crippen LogP contribution in [0, 0.1) is 12.7 Å². The molecule has 0 bridgehead atoms. The number of piperidine rings is 1. The van der Waals surface area contributed by atoms with Gasteiger partial charge in [0.05, 0.1) is 28.5 Å². The number of rotatable bonds is 4. The van der Waals surface area contributed by atoms with E-state index in [1.54, 1.807) is 13.8 Å². The van der Waals surface area contributed by atoms with Crippen molar-refractivity contribution in [3.05, 3.63) is 52.5 Å². The number of anilines is 2. The molecule has 1 saturated heterocycles. The predicted octanol–water partition coefficient (Wildman–Crippen LogP) is 4.21. The number of halogens is 3. The standard InChI is InChI=1S/C25H29F3N6O/c1-14(16-5-4-6-17(20(16)26)21(27)28)30-22-18-13-19(33-10-7-25(3,35)8-11-33)24-29-9-12-34(24)23(18)32-15(2)31-22/h4-6,13-14,21,29,35H,7-12H2,1-3H3/t14-/m1/s1. The van der Waals surface area contributed by atoms with E-state index in [-0.39, 0.29) is 5.56 Å². The van der Waals surface area contributed by atoms with E-state index < -0.39 is 29.4 Å². The summed E-state index contributed by atoms with van der Waals surface area (Å²) in [6.45, 7) is 8.20. The summed E-state index contributed by atoms with van der Waals surface area (Å²) in [7, 11) is 0. The number of nitrogens with zero attached hydrogens (tertiary/aromatic N) is 5. The Bertz CT molecular complexity index is 1300. The summed E-state index contributed by atoms with van der Waals surface area (Å²) < 4.78 is 43.4. The molecule has 10 heteroatoms. The second-order valence-corrected chi connectivity index (χ2v) is 9.63. The number of nitrogens with one attached hydrogen (secondary N) is 1. The van der Waals surface area contributed by atoms with E-state index in [0.717, 1.165) is 36.5 Å². The molecule has 0 aliphatic carbocycles. The minimum atomic E-state index is -2.90. The molecule has 0 aromatic heterocycles. The van der Waals surface area contributed by atoms with E-state index in [0.29, 0.717) is 42.8 Å². The van der Waals surface area contributed by atoms with Crippen LogP contribution in [0.3, 0.4) is 0 Å². The molecule has 1 aromatic rings. The Kier molecular flexibility index (Phi) is 5.94. The van der Waals surface area contributed by atoms with Crippen molar-refractivity contribution >= 4 is 11.5 Å². The Balaban J connectivity index is 1.64. The summed E-state index contributed by atoms with van der Waals surface area (Å²) in [6, 6.07) is 5.27. The molecule has 5 rings (SSSR count). The van der Waals surface area contributed by atoms with Crippen LogP contribution >= 0.6 is 0 Å². The van der Waals surface area contributed by atoms with Crippen LogP contribution in [0.5, 0.6) is 0 Å². The molecular formula is C25H29F3N6O. The summed E-state index contributed by atoms with van der Waals surface area (Å²) in [5, 5.41) is 13.9. The van der Waals surface area contributed by atoms with Crippen molar-refractivity contribution in [3.8, 4) is 11.4 Å². The number of aliphatic hydroxyl groups is 1. The number of aryl methyl sites for hydroxylation is 1. The molecule has 35 heavy (non-hydrogen) atoms. The number of benzene rings is 1. The van der Waals surface area contributed by atoms with Crippen LogP contribution in [0.25, 0.3) is 11.4 Å². The van der Waals surface area contributed by atoms with Crippen LogP contribution < -0.4 is 15.7 Å². The van der Waals surface area contributed by atoms with E-state index in [4.69, 9.17) is 0 Å². The summed E-state index contributed by atoms with van der Waals surface area (Å²) >= 11 is 0. The van der Waals surface area contributed by atoms with Gasteiger partial charge in [-0.05, 0) is 39.7 Å². The van der Waals surface area contributed by atoms with Crippen LogP contribution in [-0.4, -0.2) is 44.9 Å². The van der Waals surface area contributed by atoms with Gasteiger partial charge in [-0.15, -0.1) is 0 Å². The number of aromatic nitrogens is 3. The van der Waals surface area contributed by atoms with Gasteiger partial charge in [-0.2, -0.15) is 0 Å². The van der Waals surface area contributed by atoms with Crippen molar-refractivity contribution < 1.29 is 18.3 Å². The lowest BCUT2D eigenvalue weighted by atomic mass is 9.93. The van der Waals surface area contributed by atoms with E-state index in [1.807, 2.05) is 13.0 Å². The smallest absolute Gasteiger partial charge is 0.266 e. The first-order valence-electron chi connectivity index (χ1n) is 11.9. The van der Waals surface area contributed by atoms with Gasteiger partial charge in [-0.3, -0.25) is 4.99 Å². The first-order chi connectivity index (χ1) is 16.6. The molecule has 2 N–H and O–H groups in total. The van der Waals surface area contributed by atoms with E-state index in [2.05, 4.69) is 29.7 Å². The fourth-order valence-electron chi connectivity index (χ4n) is 4.91. The van der Waals surface area contributed by atoms with E-state index in [9.17, 15) is 18.3 Å². The van der Waals surface area contributed by atoms with E-state index >= 15 is 0 Å². The SMILES string of the molecule is Cc1nc2n3c(c(N4CCC(C)(O)CC4)cc-2c(=N[C@H](C)c2cccc(C(F)F)c2F)n1)NCC3. The maximum Gasteiger partial charge on any atom is 0.266 e. The second kappa shape index (κ2) is 8.82. The maximum absolute atomic E-state index is 14.8. The summed E-state index contributed by atoms with van der Waals surface area (Å²) in [6.07, 6.45) is -1.59. The third-order valence-electron chi connectivity index (χ3n) is 6.94. The third-order valence-corrected chi connectivity index (χ3v) is 6.94. The molecule has 0 radical (unpaired) electrons. The number of hydrogen-bond acceptors (Lipinski definition) is 6. The Labute approximate surface area is 201 Å². The summed E-state index contributed by atoms with van der Waals surface area (Å²) in [5.74, 6) is 1.27. The highest BCUT2D eigenvalue weighted by Gasteiger charge is 2.31. The van der Waals surface area contributed by atoms with Crippen LogP contribution in [0.15, 0.2) is 29.3 Å². The fourth-order valence-corrected chi connectivity index (χ4v) is 4.91. The van der Waals surface area contributed by atoms with Gasteiger partial charge in [0, 0.05) is 31.7 Å². The molecule has 0 spiro atoms. The van der Waals surface area contributed by atoms with Crippen molar-refractivity contribution in [2.75, 3.05) is 29.9 Å². The fraction of sp³-hybridized carbons (Fsp3) is 0.480. The topological polar surface area (TPSA) is 78.6 Å². The molecule has 1 aromatic carbocycles. The average molecular weight is 487 g/mol. The Morgan fingerprint density at radius 1 is 1.14 bits per heavy atom. The number of alkyl halides is 2. The van der Waals surface area contributed by atoms with Crippen molar-refractivity contribution in [2.24, 2.45) is 4.99 Å². The second-order valence-electron chi connectivity index (χ2n) is 9.63. The lowest BCUT2D eigenvalue weighted by Crippen LogP contribution is -2.43. The molecule has 0 amide bonds. The first kappa shape index (κ1) is 23.6. The molecule has 4 aliphatic rings. The normalized spacial score (nSPS) is 18.7.